The molecule has 64 heavy (non-hydrogen) atoms. The average Bonchev–Trinajstić information content (AvgIpc) is 3.21. The molecule has 0 radical (unpaired) electrons. The van der Waals surface area contributed by atoms with Crippen molar-refractivity contribution in [3.05, 3.63) is 96.3 Å². The topological polar surface area (TPSA) is 390 Å². The lowest BCUT2D eigenvalue weighted by Crippen LogP contribution is -2.57. The zero-order chi connectivity index (χ0) is 47.7. The number of nitrogens with one attached hydrogen (secondary N) is 1. The molecule has 8 N–H and O–H groups in total. The number of anilines is 1. The molecule has 0 bridgehead atoms. The molecular formula is C35H34N7O17S5+. The number of benzene rings is 4. The predicted molar refractivity (Wildman–Crippen MR) is 224 cm³/mol. The molecule has 1 amide bonds. The van der Waals surface area contributed by atoms with Crippen LogP contribution in [0.15, 0.2) is 120 Å². The van der Waals surface area contributed by atoms with Crippen LogP contribution in [0.1, 0.15) is 46.9 Å². The minimum atomic E-state index is -5.30. The molecule has 4 atom stereocenters. The van der Waals surface area contributed by atoms with Gasteiger partial charge in [-0.1, -0.05) is 6.07 Å². The first-order valence-corrected chi connectivity index (χ1v) is 24.4. The number of carbonyl (C=O) groups is 2. The Morgan fingerprint density at radius 3 is 2.11 bits per heavy atom. The van der Waals surface area contributed by atoms with Gasteiger partial charge in [0.05, 0.1) is 21.8 Å². The number of aromatic nitrogens is 1. The van der Waals surface area contributed by atoms with E-state index in [-0.39, 0.29) is 33.3 Å². The van der Waals surface area contributed by atoms with E-state index in [9.17, 15) is 66.2 Å². The van der Waals surface area contributed by atoms with E-state index < -0.39 is 111 Å². The van der Waals surface area contributed by atoms with Gasteiger partial charge in [0.1, 0.15) is 33.0 Å². The molecule has 5 aromatic rings. The summed E-state index contributed by atoms with van der Waals surface area (Å²) in [6.45, 7) is 3.19. The summed E-state index contributed by atoms with van der Waals surface area (Å²) in [5.41, 5.74) is 3.62. The van der Waals surface area contributed by atoms with Crippen LogP contribution < -0.4 is 15.6 Å². The van der Waals surface area contributed by atoms with E-state index in [1.807, 2.05) is 0 Å². The lowest BCUT2D eigenvalue weighted by atomic mass is 10.1. The van der Waals surface area contributed by atoms with E-state index in [1.165, 1.54) is 66.3 Å². The molecule has 0 saturated carbocycles. The van der Waals surface area contributed by atoms with Crippen molar-refractivity contribution in [2.45, 2.75) is 51.8 Å². The third-order valence-electron chi connectivity index (χ3n) is 9.30. The number of nitrogen functional groups attached to an aromatic ring is 1. The van der Waals surface area contributed by atoms with Crippen LogP contribution in [0.3, 0.4) is 0 Å². The van der Waals surface area contributed by atoms with Crippen molar-refractivity contribution in [2.75, 3.05) is 5.73 Å². The summed E-state index contributed by atoms with van der Waals surface area (Å²) in [7, 11) is -20.1. The fourth-order valence-electron chi connectivity index (χ4n) is 5.73. The molecule has 4 unspecified atom stereocenters. The average molecular weight is 985 g/mol. The maximum Gasteiger partial charge on any atom is 0.397 e. The number of amides is 1. The number of hydrogen-bond acceptors (Lipinski definition) is 18. The maximum absolute atomic E-state index is 13.5. The number of azo groups is 2. The molecule has 0 saturated heterocycles. The second kappa shape index (κ2) is 18.2. The Bertz CT molecular complexity index is 3280. The van der Waals surface area contributed by atoms with Gasteiger partial charge in [-0.3, -0.25) is 23.2 Å². The Morgan fingerprint density at radius 1 is 0.844 bits per heavy atom. The number of phenolic OH excluding ortho intramolecular Hbond substituents is 1. The zero-order valence-corrected chi connectivity index (χ0v) is 36.9. The zero-order valence-electron chi connectivity index (χ0n) is 32.8. The Kier molecular flexibility index (Phi) is 14.0. The minimum absolute atomic E-state index is 0.146. The summed E-state index contributed by atoms with van der Waals surface area (Å²) in [4.78, 5) is 19.4. The molecular weight excluding hydrogens is 951 g/mol. The molecule has 0 aliphatic heterocycles. The number of rotatable bonds is 16. The molecule has 0 fully saturated rings. The summed E-state index contributed by atoms with van der Waals surface area (Å²) in [5.74, 6) is -2.03. The van der Waals surface area contributed by atoms with Crippen molar-refractivity contribution in [1.29, 1.82) is 0 Å². The van der Waals surface area contributed by atoms with Gasteiger partial charge in [-0.2, -0.15) is 34.9 Å². The number of pyridine rings is 1. The summed E-state index contributed by atoms with van der Waals surface area (Å²) >= 11 is -2.98. The largest absolute Gasteiger partial charge is 0.505 e. The van der Waals surface area contributed by atoms with Crippen LogP contribution in [0, 0.1) is 0 Å². The van der Waals surface area contributed by atoms with Gasteiger partial charge in [0, 0.05) is 29.3 Å². The molecule has 0 aliphatic rings. The van der Waals surface area contributed by atoms with Crippen molar-refractivity contribution in [2.24, 2.45) is 20.5 Å². The Labute approximate surface area is 366 Å². The summed E-state index contributed by atoms with van der Waals surface area (Å²) in [5, 5.41) is 26.9. The van der Waals surface area contributed by atoms with E-state index in [0.29, 0.717) is 12.4 Å². The number of aldehydes is 1. The van der Waals surface area contributed by atoms with Gasteiger partial charge in [0.2, 0.25) is 9.84 Å². The fourth-order valence-corrected chi connectivity index (χ4v) is 9.62. The SMILES string of the molecule is CC(OS(=O)(=O)O)C(C)(NC(=O)c1cccc(N=Nc2c(S(=O)(=O)O)cc3c(N=Nc4ccc(S(=O)(=O)C(C)[n+]5cccc(C=O)c5)cc4S(=O)(=O)O)c(N)ccc3c2O)c1)S(=O)O. The van der Waals surface area contributed by atoms with Crippen molar-refractivity contribution in [1.82, 2.24) is 5.32 Å². The van der Waals surface area contributed by atoms with Crippen molar-refractivity contribution in [3.63, 3.8) is 0 Å². The Balaban J connectivity index is 1.54. The first-order valence-electron chi connectivity index (χ1n) is 17.5. The molecule has 29 heteroatoms. The quantitative estimate of drug-likeness (QED) is 0.0180. The number of hydrogen-bond donors (Lipinski definition) is 7. The molecule has 0 spiro atoms. The Morgan fingerprint density at radius 2 is 1.50 bits per heavy atom. The first-order chi connectivity index (χ1) is 29.6. The number of nitrogens with zero attached hydrogens (tertiary/aromatic N) is 5. The van der Waals surface area contributed by atoms with Gasteiger partial charge in [0.25, 0.3) is 31.5 Å². The highest BCUT2D eigenvalue weighted by atomic mass is 32.3. The fraction of sp³-hybridized carbons (Fsp3) is 0.171. The van der Waals surface area contributed by atoms with E-state index in [2.05, 4.69) is 30.0 Å². The number of fused-ring (bicyclic) bond motifs is 1. The van der Waals surface area contributed by atoms with Crippen molar-refractivity contribution >= 4 is 103 Å². The molecule has 1 aromatic heterocycles. The normalized spacial score (nSPS) is 15.2. The smallest absolute Gasteiger partial charge is 0.397 e. The lowest BCUT2D eigenvalue weighted by molar-refractivity contribution is -0.698. The van der Waals surface area contributed by atoms with E-state index in [1.54, 1.807) is 0 Å². The molecule has 5 rings (SSSR count). The van der Waals surface area contributed by atoms with Gasteiger partial charge in [0.15, 0.2) is 40.4 Å². The van der Waals surface area contributed by atoms with Gasteiger partial charge >= 0.3 is 10.4 Å². The van der Waals surface area contributed by atoms with Crippen LogP contribution in [0.5, 0.6) is 5.75 Å². The van der Waals surface area contributed by atoms with Crippen LogP contribution in [-0.2, 0) is 55.7 Å². The second-order valence-corrected chi connectivity index (χ2v) is 20.9. The Hall–Kier alpha value is -6.02. The number of carbonyl (C=O) groups excluding carboxylic acids is 2. The second-order valence-electron chi connectivity index (χ2n) is 13.5. The monoisotopic (exact) mass is 984 g/mol. The number of sulfone groups is 1. The molecule has 1 heterocycles. The van der Waals surface area contributed by atoms with Crippen LogP contribution in [-0.4, -0.2) is 84.4 Å². The highest BCUT2D eigenvalue weighted by Crippen LogP contribution is 2.46. The van der Waals surface area contributed by atoms with Crippen LogP contribution in [0.25, 0.3) is 10.8 Å². The summed E-state index contributed by atoms with van der Waals surface area (Å²) in [6, 6.07) is 13.1. The van der Waals surface area contributed by atoms with E-state index in [4.69, 9.17) is 10.3 Å². The first kappa shape index (κ1) is 49.0. The van der Waals surface area contributed by atoms with E-state index >= 15 is 0 Å². The lowest BCUT2D eigenvalue weighted by Gasteiger charge is -2.31. The predicted octanol–water partition coefficient (Wildman–Crippen LogP) is 4.42. The number of phenols is 1. The van der Waals surface area contributed by atoms with Gasteiger partial charge in [-0.05, 0) is 74.5 Å². The third-order valence-corrected chi connectivity index (χ3v) is 14.8. The summed E-state index contributed by atoms with van der Waals surface area (Å²) in [6.07, 6.45) is 1.31. The van der Waals surface area contributed by atoms with Gasteiger partial charge in [-0.15, -0.1) is 15.3 Å². The minimum Gasteiger partial charge on any atom is -0.505 e. The number of aromatic hydroxyl groups is 1. The van der Waals surface area contributed by atoms with Crippen LogP contribution >= 0.6 is 0 Å². The summed E-state index contributed by atoms with van der Waals surface area (Å²) < 4.78 is 157. The highest BCUT2D eigenvalue weighted by molar-refractivity contribution is 7.91. The maximum atomic E-state index is 13.5. The van der Waals surface area contributed by atoms with Crippen LogP contribution in [0.2, 0.25) is 0 Å². The van der Waals surface area contributed by atoms with Crippen molar-refractivity contribution in [3.8, 4) is 5.75 Å². The van der Waals surface area contributed by atoms with Crippen molar-refractivity contribution < 1.29 is 79.5 Å². The molecule has 0 aliphatic carbocycles. The van der Waals surface area contributed by atoms with Crippen LogP contribution in [0.4, 0.5) is 28.4 Å². The molecule has 340 valence electrons. The van der Waals surface area contributed by atoms with E-state index in [0.717, 1.165) is 38.1 Å². The standard InChI is InChI=1S/C35H33N7O17S5/c1-19(59-64(56,57)58)35(3,60(46)47)37-34(45)22-7-4-8-23(14-22)38-41-32-30(63(53,54)55)16-26-25(33(32)44)10-11-27(36)31(26)40-39-28-12-9-24(15-29(28)62(50,51)52)61(48,49)20(2)42-13-5-6-21(17-42)18-43/h4-20H,1-3H3,(H7-,36,37,38,39,44,45,46,47,50,51,52,53,54,55,56,57,58)/p+1. The third kappa shape index (κ3) is 10.7. The van der Waals surface area contributed by atoms with Gasteiger partial charge in [-0.25, -0.2) is 16.8 Å². The molecule has 4 aromatic carbocycles. The number of nitrogens with two attached hydrogens (primary N) is 1. The van der Waals surface area contributed by atoms with Gasteiger partial charge < -0.3 is 20.7 Å². The highest BCUT2D eigenvalue weighted by Gasteiger charge is 2.42. The molecule has 24 nitrogen and oxygen atoms in total.